The molecular formula is C14H30OSSi. The van der Waals surface area contributed by atoms with Crippen molar-refractivity contribution in [3.05, 3.63) is 11.5 Å². The molecule has 0 aliphatic carbocycles. The molecule has 0 aromatic rings. The molecule has 17 heavy (non-hydrogen) atoms. The molecule has 0 aliphatic heterocycles. The molecule has 1 unspecified atom stereocenters. The van der Waals surface area contributed by atoms with Gasteiger partial charge >= 0.3 is 0 Å². The maximum Gasteiger partial charge on any atom is 0.192 e. The lowest BCUT2D eigenvalue weighted by Gasteiger charge is -2.37. The highest BCUT2D eigenvalue weighted by Crippen LogP contribution is 2.37. The molecule has 0 amide bonds. The molecule has 0 aliphatic rings. The molecule has 0 saturated carbocycles. The van der Waals surface area contributed by atoms with E-state index >= 15 is 0 Å². The van der Waals surface area contributed by atoms with Crippen molar-refractivity contribution in [1.82, 2.24) is 0 Å². The number of thioether (sulfide) groups is 1. The van der Waals surface area contributed by atoms with E-state index in [4.69, 9.17) is 4.43 Å². The van der Waals surface area contributed by atoms with Gasteiger partial charge in [-0.3, -0.25) is 0 Å². The van der Waals surface area contributed by atoms with E-state index in [9.17, 15) is 0 Å². The lowest BCUT2D eigenvalue weighted by atomic mass is 10.2. The number of hydrogen-bond donors (Lipinski definition) is 0. The largest absolute Gasteiger partial charge is 0.411 e. The first-order chi connectivity index (χ1) is 7.35. The Morgan fingerprint density at radius 2 is 1.53 bits per heavy atom. The van der Waals surface area contributed by atoms with Crippen molar-refractivity contribution in [1.29, 1.82) is 0 Å². The van der Waals surface area contributed by atoms with Crippen LogP contribution >= 0.6 is 11.8 Å². The fraction of sp³-hybridized carbons (Fsp3) is 0.857. The van der Waals surface area contributed by atoms with Gasteiger partial charge in [-0.15, -0.1) is 11.8 Å². The summed E-state index contributed by atoms with van der Waals surface area (Å²) < 4.78 is 6.54. The highest BCUT2D eigenvalue weighted by atomic mass is 32.2. The summed E-state index contributed by atoms with van der Waals surface area (Å²) in [7, 11) is -1.62. The van der Waals surface area contributed by atoms with Crippen LogP contribution in [0, 0.1) is 0 Å². The highest BCUT2D eigenvalue weighted by Gasteiger charge is 2.37. The van der Waals surface area contributed by atoms with Crippen LogP contribution in [0.1, 0.15) is 48.5 Å². The zero-order valence-corrected chi connectivity index (χ0v) is 14.9. The van der Waals surface area contributed by atoms with Crippen LogP contribution in [0.4, 0.5) is 0 Å². The van der Waals surface area contributed by atoms with Crippen molar-refractivity contribution >= 4 is 20.1 Å². The molecule has 0 aromatic carbocycles. The first kappa shape index (κ1) is 17.3. The third-order valence-corrected chi connectivity index (χ3v) is 8.63. The SMILES string of the molecule is CC(/C=C\SC(C)(C)C)O[Si](C)(C)C(C)(C)C. The zero-order valence-electron chi connectivity index (χ0n) is 13.0. The van der Waals surface area contributed by atoms with E-state index in [1.54, 1.807) is 0 Å². The molecule has 0 radical (unpaired) electrons. The average molecular weight is 275 g/mol. The highest BCUT2D eigenvalue weighted by molar-refractivity contribution is 8.03. The van der Waals surface area contributed by atoms with Gasteiger partial charge in [-0.2, -0.15) is 0 Å². The predicted octanol–water partition coefficient (Wildman–Crippen LogP) is 5.44. The second-order valence-electron chi connectivity index (χ2n) is 7.14. The van der Waals surface area contributed by atoms with Gasteiger partial charge in [0, 0.05) is 4.75 Å². The van der Waals surface area contributed by atoms with Crippen LogP contribution in [0.15, 0.2) is 11.5 Å². The maximum atomic E-state index is 6.26. The normalized spacial score (nSPS) is 16.5. The van der Waals surface area contributed by atoms with Gasteiger partial charge < -0.3 is 4.43 Å². The Morgan fingerprint density at radius 3 is 1.88 bits per heavy atom. The van der Waals surface area contributed by atoms with Gasteiger partial charge in [0.25, 0.3) is 0 Å². The first-order valence-corrected chi connectivity index (χ1v) is 10.2. The Kier molecular flexibility index (Phi) is 6.03. The average Bonchev–Trinajstić information content (AvgIpc) is 1.97. The molecule has 0 fully saturated rings. The van der Waals surface area contributed by atoms with Crippen molar-refractivity contribution in [2.75, 3.05) is 0 Å². The first-order valence-electron chi connectivity index (χ1n) is 6.37. The predicted molar refractivity (Wildman–Crippen MR) is 84.2 cm³/mol. The molecule has 0 spiro atoms. The van der Waals surface area contributed by atoms with Crippen molar-refractivity contribution in [3.63, 3.8) is 0 Å². The van der Waals surface area contributed by atoms with Gasteiger partial charge in [-0.05, 0) is 30.5 Å². The summed E-state index contributed by atoms with van der Waals surface area (Å²) in [5.74, 6) is 0. The van der Waals surface area contributed by atoms with E-state index in [1.807, 2.05) is 11.8 Å². The molecule has 0 bridgehead atoms. The number of hydrogen-bond acceptors (Lipinski definition) is 2. The van der Waals surface area contributed by atoms with E-state index in [1.165, 1.54) is 0 Å². The van der Waals surface area contributed by atoms with E-state index in [0.717, 1.165) is 0 Å². The third-order valence-electron chi connectivity index (χ3n) is 3.06. The summed E-state index contributed by atoms with van der Waals surface area (Å²) in [5, 5.41) is 2.46. The van der Waals surface area contributed by atoms with Crippen LogP contribution in [-0.4, -0.2) is 19.2 Å². The lowest BCUT2D eigenvalue weighted by Crippen LogP contribution is -2.42. The summed E-state index contributed by atoms with van der Waals surface area (Å²) in [6.07, 6.45) is 2.39. The number of rotatable bonds is 4. The second-order valence-corrected chi connectivity index (χ2v) is 13.6. The summed E-state index contributed by atoms with van der Waals surface area (Å²) >= 11 is 1.85. The van der Waals surface area contributed by atoms with Crippen LogP contribution < -0.4 is 0 Å². The topological polar surface area (TPSA) is 9.23 Å². The monoisotopic (exact) mass is 274 g/mol. The van der Waals surface area contributed by atoms with Crippen LogP contribution in [-0.2, 0) is 4.43 Å². The summed E-state index contributed by atoms with van der Waals surface area (Å²) in [6, 6.07) is 0. The minimum atomic E-state index is -1.62. The van der Waals surface area contributed by atoms with E-state index < -0.39 is 8.32 Å². The molecule has 0 heterocycles. The summed E-state index contributed by atoms with van der Waals surface area (Å²) in [6.45, 7) is 20.2. The second kappa shape index (κ2) is 5.94. The lowest BCUT2D eigenvalue weighted by molar-refractivity contribution is 0.243. The molecular weight excluding hydrogens is 244 g/mol. The Bertz CT molecular complexity index is 258. The van der Waals surface area contributed by atoms with Crippen LogP contribution in [0.5, 0.6) is 0 Å². The molecule has 102 valence electrons. The van der Waals surface area contributed by atoms with Crippen LogP contribution in [0.2, 0.25) is 18.1 Å². The Labute approximate surface area is 114 Å². The van der Waals surface area contributed by atoms with Crippen molar-refractivity contribution in [3.8, 4) is 0 Å². The van der Waals surface area contributed by atoms with Crippen LogP contribution in [0.3, 0.4) is 0 Å². The fourth-order valence-corrected chi connectivity index (χ4v) is 3.10. The third kappa shape index (κ3) is 7.32. The van der Waals surface area contributed by atoms with E-state index in [-0.39, 0.29) is 15.9 Å². The Balaban J connectivity index is 4.33. The van der Waals surface area contributed by atoms with Gasteiger partial charge in [0.1, 0.15) is 0 Å². The fourth-order valence-electron chi connectivity index (χ4n) is 1.03. The molecule has 0 N–H and O–H groups in total. The minimum Gasteiger partial charge on any atom is -0.411 e. The van der Waals surface area contributed by atoms with E-state index in [2.05, 4.69) is 73.0 Å². The zero-order chi connectivity index (χ0) is 13.9. The summed E-state index contributed by atoms with van der Waals surface area (Å²) in [4.78, 5) is 0. The summed E-state index contributed by atoms with van der Waals surface area (Å²) in [5.41, 5.74) is 0. The Hall–Kier alpha value is 0.267. The molecule has 3 heteroatoms. The molecule has 0 rings (SSSR count). The quantitative estimate of drug-likeness (QED) is 0.631. The van der Waals surface area contributed by atoms with Crippen molar-refractivity contribution in [2.24, 2.45) is 0 Å². The minimum absolute atomic E-state index is 0.214. The maximum absolute atomic E-state index is 6.26. The van der Waals surface area contributed by atoms with Gasteiger partial charge in [0.2, 0.25) is 0 Å². The molecule has 0 aromatic heterocycles. The molecule has 1 nitrogen and oxygen atoms in total. The Morgan fingerprint density at radius 1 is 1.06 bits per heavy atom. The van der Waals surface area contributed by atoms with Gasteiger partial charge in [-0.1, -0.05) is 47.6 Å². The van der Waals surface area contributed by atoms with Crippen LogP contribution in [0.25, 0.3) is 0 Å². The van der Waals surface area contributed by atoms with Crippen molar-refractivity contribution in [2.45, 2.75) is 77.4 Å². The van der Waals surface area contributed by atoms with Crippen molar-refractivity contribution < 1.29 is 4.43 Å². The molecule has 1 atom stereocenters. The van der Waals surface area contributed by atoms with E-state index in [0.29, 0.717) is 0 Å². The van der Waals surface area contributed by atoms with Gasteiger partial charge in [0.15, 0.2) is 8.32 Å². The van der Waals surface area contributed by atoms with Gasteiger partial charge in [-0.25, -0.2) is 0 Å². The molecule has 0 saturated heterocycles. The van der Waals surface area contributed by atoms with Gasteiger partial charge in [0.05, 0.1) is 6.10 Å². The standard InChI is InChI=1S/C14H30OSSi/c1-12(10-11-16-13(2,3)4)15-17(8,9)14(5,6)7/h10-12H,1-9H3/b11-10-. The smallest absolute Gasteiger partial charge is 0.192 e.